The average molecular weight is 172 g/mol. The van der Waals surface area contributed by atoms with Gasteiger partial charge in [0.2, 0.25) is 0 Å². The maximum Gasteiger partial charge on any atom is 0.0983 e. The molecule has 0 aliphatic carbocycles. The molecule has 0 spiro atoms. The first-order valence-corrected chi connectivity index (χ1v) is 3.87. The maximum absolute atomic E-state index is 5.76. The fourth-order valence-corrected chi connectivity index (χ4v) is 1.12. The molecule has 4 nitrogen and oxygen atoms in total. The van der Waals surface area contributed by atoms with E-state index in [2.05, 4.69) is 15.4 Å². The van der Waals surface area contributed by atoms with Gasteiger partial charge in [-0.2, -0.15) is 0 Å². The van der Waals surface area contributed by atoms with Crippen molar-refractivity contribution >= 4 is 5.69 Å². The Hall–Kier alpha value is -1.97. The Labute approximate surface area is 75.4 Å². The van der Waals surface area contributed by atoms with Gasteiger partial charge in [0.1, 0.15) is 0 Å². The van der Waals surface area contributed by atoms with E-state index in [1.54, 1.807) is 12.3 Å². The molecule has 0 atom stereocenters. The largest absolute Gasteiger partial charge is 0.398 e. The van der Waals surface area contributed by atoms with Crippen LogP contribution in [-0.2, 0) is 0 Å². The third kappa shape index (κ3) is 1.46. The van der Waals surface area contributed by atoms with Crippen LogP contribution in [0.5, 0.6) is 0 Å². The topological polar surface area (TPSA) is 64.7 Å². The predicted molar refractivity (Wildman–Crippen MR) is 49.7 cm³/mol. The molecule has 0 unspecified atom stereocenters. The van der Waals surface area contributed by atoms with E-state index in [9.17, 15) is 0 Å². The molecular formula is C9H8N4. The molecule has 1 heterocycles. The van der Waals surface area contributed by atoms with Gasteiger partial charge in [0.15, 0.2) is 0 Å². The summed E-state index contributed by atoms with van der Waals surface area (Å²) < 4.78 is 0. The molecule has 0 aliphatic rings. The number of rotatable bonds is 1. The van der Waals surface area contributed by atoms with Crippen LogP contribution in [0.1, 0.15) is 0 Å². The summed E-state index contributed by atoms with van der Waals surface area (Å²) in [6.45, 7) is 0. The number of para-hydroxylation sites is 1. The van der Waals surface area contributed by atoms with E-state index in [1.807, 2.05) is 24.3 Å². The third-order valence-electron chi connectivity index (χ3n) is 1.74. The van der Waals surface area contributed by atoms with Gasteiger partial charge in [-0.3, -0.25) is 0 Å². The quantitative estimate of drug-likeness (QED) is 0.654. The lowest BCUT2D eigenvalue weighted by molar-refractivity contribution is 0.871. The molecule has 4 heteroatoms. The first kappa shape index (κ1) is 7.67. The van der Waals surface area contributed by atoms with Gasteiger partial charge in [-0.25, -0.2) is 0 Å². The maximum atomic E-state index is 5.76. The van der Waals surface area contributed by atoms with Gasteiger partial charge in [-0.05, 0) is 17.3 Å². The highest BCUT2D eigenvalue weighted by atomic mass is 15.3. The molecule has 2 aromatic rings. The van der Waals surface area contributed by atoms with E-state index in [1.165, 1.54) is 0 Å². The SMILES string of the molecule is Nc1ccccc1-c1ccnnn1. The van der Waals surface area contributed by atoms with Crippen molar-refractivity contribution in [3.8, 4) is 11.3 Å². The molecule has 1 aromatic carbocycles. The molecule has 2 rings (SSSR count). The normalized spacial score (nSPS) is 9.85. The summed E-state index contributed by atoms with van der Waals surface area (Å²) in [6.07, 6.45) is 1.59. The minimum absolute atomic E-state index is 0.697. The van der Waals surface area contributed by atoms with Crippen molar-refractivity contribution in [2.24, 2.45) is 0 Å². The highest BCUT2D eigenvalue weighted by Crippen LogP contribution is 2.21. The highest BCUT2D eigenvalue weighted by molar-refractivity contribution is 5.72. The molecule has 1 aromatic heterocycles. The Morgan fingerprint density at radius 1 is 1.08 bits per heavy atom. The monoisotopic (exact) mass is 172 g/mol. The second-order valence-electron chi connectivity index (χ2n) is 2.59. The van der Waals surface area contributed by atoms with Crippen molar-refractivity contribution in [1.82, 2.24) is 15.4 Å². The number of hydrogen-bond acceptors (Lipinski definition) is 4. The van der Waals surface area contributed by atoms with E-state index < -0.39 is 0 Å². The molecule has 13 heavy (non-hydrogen) atoms. The van der Waals surface area contributed by atoms with Crippen LogP contribution in [0.25, 0.3) is 11.3 Å². The summed E-state index contributed by atoms with van der Waals surface area (Å²) in [5, 5.41) is 11.0. The number of nitrogens with zero attached hydrogens (tertiary/aromatic N) is 3. The summed E-state index contributed by atoms with van der Waals surface area (Å²) in [5.41, 5.74) is 8.09. The van der Waals surface area contributed by atoms with Gasteiger partial charge in [0, 0.05) is 11.3 Å². The van der Waals surface area contributed by atoms with Crippen molar-refractivity contribution in [1.29, 1.82) is 0 Å². The van der Waals surface area contributed by atoms with Crippen LogP contribution >= 0.6 is 0 Å². The number of anilines is 1. The van der Waals surface area contributed by atoms with Crippen LogP contribution in [0.15, 0.2) is 36.5 Å². The molecule has 0 saturated carbocycles. The fourth-order valence-electron chi connectivity index (χ4n) is 1.12. The number of benzene rings is 1. The summed E-state index contributed by atoms with van der Waals surface area (Å²) in [4.78, 5) is 0. The summed E-state index contributed by atoms with van der Waals surface area (Å²) in [6, 6.07) is 9.30. The second-order valence-corrected chi connectivity index (χ2v) is 2.59. The highest BCUT2D eigenvalue weighted by Gasteiger charge is 2.01. The number of nitrogen functional groups attached to an aromatic ring is 1. The smallest absolute Gasteiger partial charge is 0.0983 e. The fraction of sp³-hybridized carbons (Fsp3) is 0. The van der Waals surface area contributed by atoms with Crippen LogP contribution in [0.4, 0.5) is 5.69 Å². The zero-order chi connectivity index (χ0) is 9.10. The molecule has 0 saturated heterocycles. The van der Waals surface area contributed by atoms with Gasteiger partial charge >= 0.3 is 0 Å². The van der Waals surface area contributed by atoms with Crippen molar-refractivity contribution < 1.29 is 0 Å². The Balaban J connectivity index is 2.54. The van der Waals surface area contributed by atoms with Crippen LogP contribution in [0.2, 0.25) is 0 Å². The van der Waals surface area contributed by atoms with Crippen molar-refractivity contribution in [3.63, 3.8) is 0 Å². The first-order chi connectivity index (χ1) is 6.38. The molecule has 2 N–H and O–H groups in total. The van der Waals surface area contributed by atoms with Crippen molar-refractivity contribution in [3.05, 3.63) is 36.5 Å². The van der Waals surface area contributed by atoms with E-state index >= 15 is 0 Å². The Kier molecular flexibility index (Phi) is 1.88. The summed E-state index contributed by atoms with van der Waals surface area (Å²) >= 11 is 0. The van der Waals surface area contributed by atoms with Gasteiger partial charge in [0.25, 0.3) is 0 Å². The Bertz CT molecular complexity index is 399. The number of nitrogens with two attached hydrogens (primary N) is 1. The zero-order valence-corrected chi connectivity index (χ0v) is 6.88. The van der Waals surface area contributed by atoms with Gasteiger partial charge in [-0.1, -0.05) is 18.2 Å². The van der Waals surface area contributed by atoms with Crippen LogP contribution in [0, 0.1) is 0 Å². The van der Waals surface area contributed by atoms with E-state index in [4.69, 9.17) is 5.73 Å². The molecule has 0 aliphatic heterocycles. The molecular weight excluding hydrogens is 164 g/mol. The van der Waals surface area contributed by atoms with E-state index in [0.717, 1.165) is 11.3 Å². The lowest BCUT2D eigenvalue weighted by Crippen LogP contribution is -1.93. The minimum Gasteiger partial charge on any atom is -0.398 e. The third-order valence-corrected chi connectivity index (χ3v) is 1.74. The molecule has 0 amide bonds. The first-order valence-electron chi connectivity index (χ1n) is 3.87. The average Bonchev–Trinajstić information content (AvgIpc) is 2.20. The van der Waals surface area contributed by atoms with Crippen LogP contribution in [-0.4, -0.2) is 15.4 Å². The minimum atomic E-state index is 0.697. The summed E-state index contributed by atoms with van der Waals surface area (Å²) in [5.74, 6) is 0. The zero-order valence-electron chi connectivity index (χ0n) is 6.88. The number of aromatic nitrogens is 3. The van der Waals surface area contributed by atoms with Crippen LogP contribution < -0.4 is 5.73 Å². The second kappa shape index (κ2) is 3.18. The van der Waals surface area contributed by atoms with Gasteiger partial charge in [-0.15, -0.1) is 10.2 Å². The van der Waals surface area contributed by atoms with Gasteiger partial charge < -0.3 is 5.73 Å². The standard InChI is InChI=1S/C9H8N4/c10-8-4-2-1-3-7(8)9-5-6-11-13-12-9/h1-6H,10H2. The Morgan fingerprint density at radius 2 is 1.92 bits per heavy atom. The van der Waals surface area contributed by atoms with Gasteiger partial charge in [0.05, 0.1) is 11.9 Å². The van der Waals surface area contributed by atoms with Crippen molar-refractivity contribution in [2.45, 2.75) is 0 Å². The molecule has 64 valence electrons. The lowest BCUT2D eigenvalue weighted by atomic mass is 10.1. The predicted octanol–water partition coefficient (Wildman–Crippen LogP) is 1.12. The van der Waals surface area contributed by atoms with Crippen LogP contribution in [0.3, 0.4) is 0 Å². The van der Waals surface area contributed by atoms with E-state index in [0.29, 0.717) is 5.69 Å². The van der Waals surface area contributed by atoms with Crippen molar-refractivity contribution in [2.75, 3.05) is 5.73 Å². The number of hydrogen-bond donors (Lipinski definition) is 1. The van der Waals surface area contributed by atoms with E-state index in [-0.39, 0.29) is 0 Å². The molecule has 0 radical (unpaired) electrons. The molecule has 0 fully saturated rings. The Morgan fingerprint density at radius 3 is 2.62 bits per heavy atom. The lowest BCUT2D eigenvalue weighted by Gasteiger charge is -2.01. The summed E-state index contributed by atoms with van der Waals surface area (Å²) in [7, 11) is 0. The molecule has 0 bridgehead atoms.